The van der Waals surface area contributed by atoms with Crippen molar-refractivity contribution in [2.45, 2.75) is 40.7 Å². The van der Waals surface area contributed by atoms with E-state index in [1.54, 1.807) is 0 Å². The fraction of sp³-hybridized carbons (Fsp3) is 1.00. The van der Waals surface area contributed by atoms with E-state index in [1.807, 2.05) is 7.05 Å². The van der Waals surface area contributed by atoms with E-state index in [-0.39, 0.29) is 0 Å². The zero-order valence-corrected chi connectivity index (χ0v) is 10.6. The van der Waals surface area contributed by atoms with Gasteiger partial charge in [-0.15, -0.1) is 0 Å². The van der Waals surface area contributed by atoms with E-state index in [2.05, 4.69) is 45.3 Å². The summed E-state index contributed by atoms with van der Waals surface area (Å²) < 4.78 is 0. The normalized spacial score (nSPS) is 26.1. The van der Waals surface area contributed by atoms with Gasteiger partial charge in [-0.25, -0.2) is 0 Å². The monoisotopic (exact) mass is 198 g/mol. The topological polar surface area (TPSA) is 24.1 Å². The first-order valence-electron chi connectivity index (χ1n) is 5.72. The van der Waals surface area contributed by atoms with Gasteiger partial charge in [0.05, 0.1) is 0 Å². The molecule has 0 spiro atoms. The third kappa shape index (κ3) is 1.96. The van der Waals surface area contributed by atoms with Crippen LogP contribution in [-0.2, 0) is 0 Å². The van der Waals surface area contributed by atoms with Crippen LogP contribution in [0.4, 0.5) is 0 Å². The minimum atomic E-state index is 0.465. The average molecular weight is 198 g/mol. The lowest BCUT2D eigenvalue weighted by Gasteiger charge is -2.13. The summed E-state index contributed by atoms with van der Waals surface area (Å²) in [5, 5.41) is 6.89. The third-order valence-corrected chi connectivity index (χ3v) is 4.24. The molecule has 1 fully saturated rings. The lowest BCUT2D eigenvalue weighted by atomic mass is 10.0. The van der Waals surface area contributed by atoms with Crippen molar-refractivity contribution in [1.29, 1.82) is 0 Å². The molecule has 1 saturated carbocycles. The molecule has 0 heterocycles. The molecule has 0 bridgehead atoms. The summed E-state index contributed by atoms with van der Waals surface area (Å²) in [6.07, 6.45) is 0. The number of nitrogens with one attached hydrogen (secondary N) is 2. The minimum absolute atomic E-state index is 0.465. The third-order valence-electron chi connectivity index (χ3n) is 4.24. The largest absolute Gasteiger partial charge is 0.319 e. The second kappa shape index (κ2) is 3.82. The molecule has 0 amide bonds. The summed E-state index contributed by atoms with van der Waals surface area (Å²) >= 11 is 0. The smallest absolute Gasteiger partial charge is 0.0181 e. The molecule has 1 aliphatic carbocycles. The molecule has 0 saturated heterocycles. The highest BCUT2D eigenvalue weighted by Gasteiger charge is 2.64. The fourth-order valence-corrected chi connectivity index (χ4v) is 2.45. The first-order chi connectivity index (χ1) is 6.34. The van der Waals surface area contributed by atoms with Crippen molar-refractivity contribution >= 4 is 0 Å². The zero-order valence-electron chi connectivity index (χ0n) is 10.6. The van der Waals surface area contributed by atoms with Crippen LogP contribution in [0.3, 0.4) is 0 Å². The van der Waals surface area contributed by atoms with E-state index in [1.165, 1.54) is 0 Å². The summed E-state index contributed by atoms with van der Waals surface area (Å²) in [5.41, 5.74) is 0.929. The molecular weight excluding hydrogens is 172 g/mol. The maximum Gasteiger partial charge on any atom is 0.0181 e. The summed E-state index contributed by atoms with van der Waals surface area (Å²) in [4.78, 5) is 0. The Morgan fingerprint density at radius 1 is 1.07 bits per heavy atom. The van der Waals surface area contributed by atoms with Gasteiger partial charge in [0, 0.05) is 6.04 Å². The number of hydrogen-bond acceptors (Lipinski definition) is 2. The SMILES string of the molecule is CNCC(C)CNC1C(C)(C)C1(C)C. The maximum atomic E-state index is 3.68. The van der Waals surface area contributed by atoms with Crippen molar-refractivity contribution in [2.75, 3.05) is 20.1 Å². The van der Waals surface area contributed by atoms with Crippen LogP contribution in [0, 0.1) is 16.7 Å². The Bertz CT molecular complexity index is 182. The second-order valence-electron chi connectivity index (χ2n) is 5.95. The van der Waals surface area contributed by atoms with Crippen molar-refractivity contribution < 1.29 is 0 Å². The van der Waals surface area contributed by atoms with Gasteiger partial charge < -0.3 is 10.6 Å². The molecular formula is C12H26N2. The molecule has 1 unspecified atom stereocenters. The standard InChI is InChI=1S/C12H26N2/c1-9(7-13-6)8-14-10-11(2,3)12(10,4)5/h9-10,13-14H,7-8H2,1-6H3. The Kier molecular flexibility index (Phi) is 3.27. The zero-order chi connectivity index (χ0) is 11.0. The highest BCUT2D eigenvalue weighted by atomic mass is 15.0. The van der Waals surface area contributed by atoms with Crippen LogP contribution >= 0.6 is 0 Å². The first kappa shape index (κ1) is 12.0. The van der Waals surface area contributed by atoms with Crippen LogP contribution in [0.25, 0.3) is 0 Å². The average Bonchev–Trinajstić information content (AvgIpc) is 2.41. The first-order valence-corrected chi connectivity index (χ1v) is 5.72. The minimum Gasteiger partial charge on any atom is -0.319 e. The Hall–Kier alpha value is -0.0800. The van der Waals surface area contributed by atoms with Crippen molar-refractivity contribution in [2.24, 2.45) is 16.7 Å². The Morgan fingerprint density at radius 3 is 1.93 bits per heavy atom. The van der Waals surface area contributed by atoms with Gasteiger partial charge >= 0.3 is 0 Å². The molecule has 2 N–H and O–H groups in total. The van der Waals surface area contributed by atoms with Crippen LogP contribution in [0.2, 0.25) is 0 Å². The fourth-order valence-electron chi connectivity index (χ4n) is 2.45. The molecule has 1 aliphatic rings. The molecule has 0 aliphatic heterocycles. The van der Waals surface area contributed by atoms with Crippen LogP contribution in [0.1, 0.15) is 34.6 Å². The quantitative estimate of drug-likeness (QED) is 0.704. The molecule has 1 atom stereocenters. The van der Waals surface area contributed by atoms with Crippen LogP contribution in [0.15, 0.2) is 0 Å². The van der Waals surface area contributed by atoms with Crippen molar-refractivity contribution in [3.63, 3.8) is 0 Å². The van der Waals surface area contributed by atoms with Crippen LogP contribution in [0.5, 0.6) is 0 Å². The molecule has 0 radical (unpaired) electrons. The van der Waals surface area contributed by atoms with Crippen LogP contribution in [-0.4, -0.2) is 26.2 Å². The Balaban J connectivity index is 2.28. The van der Waals surface area contributed by atoms with Gasteiger partial charge in [-0.3, -0.25) is 0 Å². The predicted octanol–water partition coefficient (Wildman–Crippen LogP) is 1.87. The van der Waals surface area contributed by atoms with Crippen molar-refractivity contribution in [3.05, 3.63) is 0 Å². The van der Waals surface area contributed by atoms with E-state index in [9.17, 15) is 0 Å². The van der Waals surface area contributed by atoms with Crippen LogP contribution < -0.4 is 10.6 Å². The second-order valence-corrected chi connectivity index (χ2v) is 5.95. The summed E-state index contributed by atoms with van der Waals surface area (Å²) in [6.45, 7) is 13.9. The highest BCUT2D eigenvalue weighted by Crippen LogP contribution is 2.62. The van der Waals surface area contributed by atoms with Gasteiger partial charge in [0.15, 0.2) is 0 Å². The molecule has 1 rings (SSSR count). The molecule has 0 aromatic rings. The number of rotatable bonds is 5. The Labute approximate surface area is 88.8 Å². The molecule has 0 aromatic carbocycles. The van der Waals surface area contributed by atoms with E-state index in [0.29, 0.717) is 22.8 Å². The number of hydrogen-bond donors (Lipinski definition) is 2. The van der Waals surface area contributed by atoms with E-state index in [4.69, 9.17) is 0 Å². The van der Waals surface area contributed by atoms with E-state index in [0.717, 1.165) is 13.1 Å². The highest BCUT2D eigenvalue weighted by molar-refractivity contribution is 5.17. The Morgan fingerprint density at radius 2 is 1.57 bits per heavy atom. The lowest BCUT2D eigenvalue weighted by molar-refractivity contribution is 0.457. The van der Waals surface area contributed by atoms with Gasteiger partial charge in [0.1, 0.15) is 0 Å². The maximum absolute atomic E-state index is 3.68. The van der Waals surface area contributed by atoms with Gasteiger partial charge in [0.2, 0.25) is 0 Å². The predicted molar refractivity (Wildman–Crippen MR) is 62.4 cm³/mol. The summed E-state index contributed by atoms with van der Waals surface area (Å²) in [5.74, 6) is 0.715. The molecule has 84 valence electrons. The van der Waals surface area contributed by atoms with E-state index < -0.39 is 0 Å². The molecule has 0 aromatic heterocycles. The van der Waals surface area contributed by atoms with E-state index >= 15 is 0 Å². The molecule has 2 heteroatoms. The van der Waals surface area contributed by atoms with Crippen molar-refractivity contribution in [1.82, 2.24) is 10.6 Å². The van der Waals surface area contributed by atoms with Gasteiger partial charge in [0.25, 0.3) is 0 Å². The summed E-state index contributed by atoms with van der Waals surface area (Å²) in [7, 11) is 2.02. The van der Waals surface area contributed by atoms with Gasteiger partial charge in [-0.2, -0.15) is 0 Å². The van der Waals surface area contributed by atoms with Gasteiger partial charge in [-0.05, 0) is 36.9 Å². The van der Waals surface area contributed by atoms with Gasteiger partial charge in [-0.1, -0.05) is 34.6 Å². The molecule has 2 nitrogen and oxygen atoms in total. The summed E-state index contributed by atoms with van der Waals surface area (Å²) in [6, 6.07) is 0.689. The van der Waals surface area contributed by atoms with Crippen molar-refractivity contribution in [3.8, 4) is 0 Å². The molecule has 14 heavy (non-hydrogen) atoms. The lowest BCUT2D eigenvalue weighted by Crippen LogP contribution is -2.31.